The number of nitrogens with zero attached hydrogens (tertiary/aromatic N) is 4. The number of fused-ring (bicyclic) bond motifs is 1. The molecule has 0 bridgehead atoms. The van der Waals surface area contributed by atoms with Gasteiger partial charge in [-0.25, -0.2) is 9.78 Å². The molecule has 7 heteroatoms. The smallest absolute Gasteiger partial charge is 0.330 e. The van der Waals surface area contributed by atoms with Gasteiger partial charge in [-0.15, -0.1) is 0 Å². The average molecular weight is 332 g/mol. The summed E-state index contributed by atoms with van der Waals surface area (Å²) in [7, 11) is 1.62. The number of amides is 1. The number of hydrogen-bond donors (Lipinski definition) is 0. The second-order valence-electron chi connectivity index (χ2n) is 6.13. The van der Waals surface area contributed by atoms with Gasteiger partial charge in [0.15, 0.2) is 5.65 Å². The van der Waals surface area contributed by atoms with Crippen molar-refractivity contribution in [2.24, 2.45) is 0 Å². The molecule has 0 unspecified atom stereocenters. The van der Waals surface area contributed by atoms with Gasteiger partial charge in [-0.3, -0.25) is 13.9 Å². The van der Waals surface area contributed by atoms with E-state index in [1.807, 2.05) is 24.0 Å². The fourth-order valence-electron chi connectivity index (χ4n) is 3.45. The molecule has 3 rings (SSSR count). The Kier molecular flexibility index (Phi) is 4.99. The number of carbonyl (C=O) groups excluding carboxylic acids is 1. The maximum absolute atomic E-state index is 13.0. The summed E-state index contributed by atoms with van der Waals surface area (Å²) < 4.78 is 8.60. The monoisotopic (exact) mass is 332 g/mol. The lowest BCUT2D eigenvalue weighted by Gasteiger charge is -2.33. The maximum Gasteiger partial charge on any atom is 0.330 e. The fraction of sp³-hybridized carbons (Fsp3) is 0.588. The predicted octanol–water partition coefficient (Wildman–Crippen LogP) is 1.42. The molecule has 3 heterocycles. The Morgan fingerprint density at radius 1 is 1.46 bits per heavy atom. The van der Waals surface area contributed by atoms with Crippen LogP contribution in [-0.4, -0.2) is 51.7 Å². The van der Waals surface area contributed by atoms with Crippen molar-refractivity contribution in [1.29, 1.82) is 0 Å². The standard InChI is InChI=1S/C17H24N4O3/c1-3-15(22)19-9-5-6-13(12-19)21-16-14(7-4-8-18-16)20(17(21)23)10-11-24-2/h4,7-8,13H,3,5-6,9-12H2,1-2H3/t13-/m0/s1. The van der Waals surface area contributed by atoms with E-state index in [4.69, 9.17) is 4.74 Å². The molecule has 1 saturated heterocycles. The van der Waals surface area contributed by atoms with Gasteiger partial charge < -0.3 is 9.64 Å². The van der Waals surface area contributed by atoms with Crippen LogP contribution in [0, 0.1) is 0 Å². The van der Waals surface area contributed by atoms with Gasteiger partial charge in [-0.2, -0.15) is 0 Å². The number of piperidine rings is 1. The molecule has 2 aromatic heterocycles. The van der Waals surface area contributed by atoms with Crippen molar-refractivity contribution in [3.8, 4) is 0 Å². The minimum Gasteiger partial charge on any atom is -0.383 e. The lowest BCUT2D eigenvalue weighted by Crippen LogP contribution is -2.42. The van der Waals surface area contributed by atoms with E-state index >= 15 is 0 Å². The van der Waals surface area contributed by atoms with Crippen molar-refractivity contribution in [2.45, 2.75) is 38.8 Å². The van der Waals surface area contributed by atoms with Crippen LogP contribution in [0.15, 0.2) is 23.1 Å². The van der Waals surface area contributed by atoms with Crippen LogP contribution < -0.4 is 5.69 Å². The summed E-state index contributed by atoms with van der Waals surface area (Å²) >= 11 is 0. The van der Waals surface area contributed by atoms with E-state index in [0.717, 1.165) is 24.9 Å². The van der Waals surface area contributed by atoms with Crippen molar-refractivity contribution in [2.75, 3.05) is 26.8 Å². The molecule has 0 aliphatic carbocycles. The van der Waals surface area contributed by atoms with Gasteiger partial charge in [0, 0.05) is 32.8 Å². The van der Waals surface area contributed by atoms with E-state index in [1.165, 1.54) is 0 Å². The number of aromatic nitrogens is 3. The molecule has 1 fully saturated rings. The van der Waals surface area contributed by atoms with Crippen LogP contribution in [0.25, 0.3) is 11.2 Å². The van der Waals surface area contributed by atoms with Gasteiger partial charge in [0.25, 0.3) is 0 Å². The van der Waals surface area contributed by atoms with Crippen LogP contribution in [-0.2, 0) is 16.1 Å². The highest BCUT2D eigenvalue weighted by Gasteiger charge is 2.28. The first-order chi connectivity index (χ1) is 11.7. The third kappa shape index (κ3) is 2.96. The molecule has 1 atom stereocenters. The van der Waals surface area contributed by atoms with E-state index in [1.54, 1.807) is 22.4 Å². The van der Waals surface area contributed by atoms with Gasteiger partial charge in [-0.05, 0) is 25.0 Å². The Bertz CT molecular complexity index is 780. The Morgan fingerprint density at radius 3 is 3.04 bits per heavy atom. The summed E-state index contributed by atoms with van der Waals surface area (Å²) in [4.78, 5) is 31.3. The second kappa shape index (κ2) is 7.17. The SMILES string of the molecule is CCC(=O)N1CCC[C@H](n2c(=O)n(CCOC)c3cccnc32)C1. The summed E-state index contributed by atoms with van der Waals surface area (Å²) in [6, 6.07) is 3.72. The summed E-state index contributed by atoms with van der Waals surface area (Å²) in [5.74, 6) is 0.142. The highest BCUT2D eigenvalue weighted by atomic mass is 16.5. The number of rotatable bonds is 5. The zero-order chi connectivity index (χ0) is 17.1. The Balaban J connectivity index is 2.01. The summed E-state index contributed by atoms with van der Waals surface area (Å²) in [6.45, 7) is 4.18. The molecule has 1 aliphatic heterocycles. The van der Waals surface area contributed by atoms with E-state index in [-0.39, 0.29) is 17.6 Å². The average Bonchev–Trinajstić information content (AvgIpc) is 2.90. The van der Waals surface area contributed by atoms with Gasteiger partial charge in [0.05, 0.1) is 24.7 Å². The van der Waals surface area contributed by atoms with Crippen LogP contribution in [0.5, 0.6) is 0 Å². The van der Waals surface area contributed by atoms with Crippen molar-refractivity contribution in [1.82, 2.24) is 19.0 Å². The highest BCUT2D eigenvalue weighted by molar-refractivity contribution is 5.76. The third-order valence-electron chi connectivity index (χ3n) is 4.66. The zero-order valence-corrected chi connectivity index (χ0v) is 14.3. The Morgan fingerprint density at radius 2 is 2.29 bits per heavy atom. The molecule has 0 aromatic carbocycles. The first kappa shape index (κ1) is 16.7. The minimum atomic E-state index is -0.0726. The molecular weight excluding hydrogens is 308 g/mol. The number of methoxy groups -OCH3 is 1. The zero-order valence-electron chi connectivity index (χ0n) is 14.3. The molecule has 1 aliphatic rings. The third-order valence-corrected chi connectivity index (χ3v) is 4.66. The quantitative estimate of drug-likeness (QED) is 0.830. The van der Waals surface area contributed by atoms with Crippen molar-refractivity contribution < 1.29 is 9.53 Å². The molecule has 7 nitrogen and oxygen atoms in total. The molecule has 24 heavy (non-hydrogen) atoms. The summed E-state index contributed by atoms with van der Waals surface area (Å²) in [5.41, 5.74) is 1.43. The van der Waals surface area contributed by atoms with Crippen LogP contribution in [0.4, 0.5) is 0 Å². The minimum absolute atomic E-state index is 0.0251. The normalized spacial score (nSPS) is 18.2. The van der Waals surface area contributed by atoms with E-state index in [0.29, 0.717) is 31.8 Å². The number of imidazole rings is 1. The summed E-state index contributed by atoms with van der Waals surface area (Å²) in [5, 5.41) is 0. The second-order valence-corrected chi connectivity index (χ2v) is 6.13. The van der Waals surface area contributed by atoms with Gasteiger partial charge in [-0.1, -0.05) is 6.92 Å². The summed E-state index contributed by atoms with van der Waals surface area (Å²) in [6.07, 6.45) is 3.99. The van der Waals surface area contributed by atoms with Crippen molar-refractivity contribution >= 4 is 17.1 Å². The fourth-order valence-corrected chi connectivity index (χ4v) is 3.45. The van der Waals surface area contributed by atoms with E-state index in [2.05, 4.69) is 4.98 Å². The number of pyridine rings is 1. The highest BCUT2D eigenvalue weighted by Crippen LogP contribution is 2.24. The van der Waals surface area contributed by atoms with E-state index < -0.39 is 0 Å². The first-order valence-electron chi connectivity index (χ1n) is 8.49. The number of ether oxygens (including phenoxy) is 1. The van der Waals surface area contributed by atoms with Crippen molar-refractivity contribution in [3.63, 3.8) is 0 Å². The van der Waals surface area contributed by atoms with E-state index in [9.17, 15) is 9.59 Å². The molecule has 0 radical (unpaired) electrons. The van der Waals surface area contributed by atoms with Crippen LogP contribution in [0.3, 0.4) is 0 Å². The largest absolute Gasteiger partial charge is 0.383 e. The molecule has 2 aromatic rings. The maximum atomic E-state index is 13.0. The molecule has 1 amide bonds. The predicted molar refractivity (Wildman–Crippen MR) is 91.0 cm³/mol. The number of likely N-dealkylation sites (tertiary alicyclic amines) is 1. The van der Waals surface area contributed by atoms with Crippen LogP contribution in [0.2, 0.25) is 0 Å². The Labute approximate surface area is 140 Å². The van der Waals surface area contributed by atoms with Crippen LogP contribution >= 0.6 is 0 Å². The van der Waals surface area contributed by atoms with Gasteiger partial charge in [0.2, 0.25) is 5.91 Å². The molecule has 0 N–H and O–H groups in total. The molecule has 0 saturated carbocycles. The molecule has 130 valence electrons. The number of carbonyl (C=O) groups is 1. The Hall–Kier alpha value is -2.15. The van der Waals surface area contributed by atoms with Gasteiger partial charge >= 0.3 is 5.69 Å². The van der Waals surface area contributed by atoms with Crippen molar-refractivity contribution in [3.05, 3.63) is 28.8 Å². The van der Waals surface area contributed by atoms with Gasteiger partial charge in [0.1, 0.15) is 0 Å². The number of hydrogen-bond acceptors (Lipinski definition) is 4. The lowest BCUT2D eigenvalue weighted by molar-refractivity contribution is -0.132. The van der Waals surface area contributed by atoms with Crippen LogP contribution in [0.1, 0.15) is 32.2 Å². The molecule has 0 spiro atoms. The first-order valence-corrected chi connectivity index (χ1v) is 8.49. The lowest BCUT2D eigenvalue weighted by atomic mass is 10.1. The topological polar surface area (TPSA) is 69.4 Å². The molecular formula is C17H24N4O3.